The van der Waals surface area contributed by atoms with Gasteiger partial charge in [-0.1, -0.05) is 62.4 Å². The Labute approximate surface area is 139 Å². The number of para-hydroxylation sites is 1. The second-order valence-corrected chi connectivity index (χ2v) is 5.66. The van der Waals surface area contributed by atoms with Crippen molar-refractivity contribution in [1.82, 2.24) is 4.90 Å². The van der Waals surface area contributed by atoms with Crippen molar-refractivity contribution in [3.63, 3.8) is 0 Å². The molecular weight excluding hydrogens is 284 g/mol. The summed E-state index contributed by atoms with van der Waals surface area (Å²) in [7, 11) is 0. The molecule has 2 aromatic rings. The van der Waals surface area contributed by atoms with Crippen molar-refractivity contribution in [3.8, 4) is 0 Å². The third-order valence-corrected chi connectivity index (χ3v) is 4.02. The molecule has 0 aliphatic carbocycles. The van der Waals surface area contributed by atoms with Gasteiger partial charge >= 0.3 is 0 Å². The van der Waals surface area contributed by atoms with Gasteiger partial charge in [0.25, 0.3) is 0 Å². The molecule has 0 spiro atoms. The number of anilines is 1. The summed E-state index contributed by atoms with van der Waals surface area (Å²) >= 11 is 0. The lowest BCUT2D eigenvalue weighted by atomic mass is 10.1. The third-order valence-electron chi connectivity index (χ3n) is 4.02. The number of amides is 1. The molecule has 2 rings (SSSR count). The molecule has 0 atom stereocenters. The second-order valence-electron chi connectivity index (χ2n) is 5.66. The Kier molecular flexibility index (Phi) is 6.82. The summed E-state index contributed by atoms with van der Waals surface area (Å²) in [5, 5.41) is 3.04. The highest BCUT2D eigenvalue weighted by atomic mass is 16.1. The molecule has 3 heteroatoms. The van der Waals surface area contributed by atoms with E-state index in [2.05, 4.69) is 54.4 Å². The number of nitrogens with zero attached hydrogens (tertiary/aromatic N) is 1. The zero-order valence-corrected chi connectivity index (χ0v) is 14.1. The summed E-state index contributed by atoms with van der Waals surface area (Å²) in [5.41, 5.74) is 3.40. The highest BCUT2D eigenvalue weighted by Gasteiger charge is 2.09. The highest BCUT2D eigenvalue weighted by molar-refractivity contribution is 5.91. The first kappa shape index (κ1) is 17.2. The standard InChI is InChI=1S/C20H26N2O/c1-3-18-12-8-9-13-19(18)21-20(23)14-15-22(4-2)16-17-10-6-5-7-11-17/h5-13H,3-4,14-16H2,1-2H3,(H,21,23). The predicted molar refractivity (Wildman–Crippen MR) is 96.5 cm³/mol. The van der Waals surface area contributed by atoms with Crippen LogP contribution in [-0.2, 0) is 17.8 Å². The minimum atomic E-state index is 0.0809. The van der Waals surface area contributed by atoms with Gasteiger partial charge in [-0.2, -0.15) is 0 Å². The minimum Gasteiger partial charge on any atom is -0.326 e. The Morgan fingerprint density at radius 1 is 1.00 bits per heavy atom. The van der Waals surface area contributed by atoms with Crippen molar-refractivity contribution in [2.75, 3.05) is 18.4 Å². The van der Waals surface area contributed by atoms with Gasteiger partial charge in [0, 0.05) is 25.2 Å². The largest absolute Gasteiger partial charge is 0.326 e. The van der Waals surface area contributed by atoms with Gasteiger partial charge in [0.1, 0.15) is 0 Å². The maximum atomic E-state index is 12.2. The molecule has 23 heavy (non-hydrogen) atoms. The van der Waals surface area contributed by atoms with Gasteiger partial charge in [-0.15, -0.1) is 0 Å². The van der Waals surface area contributed by atoms with Gasteiger partial charge in [-0.05, 0) is 30.2 Å². The number of carbonyl (C=O) groups is 1. The van der Waals surface area contributed by atoms with Crippen LogP contribution in [0.5, 0.6) is 0 Å². The molecule has 1 N–H and O–H groups in total. The molecule has 0 saturated heterocycles. The van der Waals surface area contributed by atoms with Crippen molar-refractivity contribution in [2.24, 2.45) is 0 Å². The number of nitrogens with one attached hydrogen (secondary N) is 1. The van der Waals surface area contributed by atoms with Crippen molar-refractivity contribution < 1.29 is 4.79 Å². The van der Waals surface area contributed by atoms with Crippen LogP contribution in [0.2, 0.25) is 0 Å². The number of hydrogen-bond acceptors (Lipinski definition) is 2. The molecule has 0 radical (unpaired) electrons. The Balaban J connectivity index is 1.85. The predicted octanol–water partition coefficient (Wildman–Crippen LogP) is 4.10. The fourth-order valence-electron chi connectivity index (χ4n) is 2.61. The van der Waals surface area contributed by atoms with Crippen LogP contribution >= 0.6 is 0 Å². The van der Waals surface area contributed by atoms with E-state index in [1.165, 1.54) is 11.1 Å². The smallest absolute Gasteiger partial charge is 0.225 e. The molecule has 0 saturated carbocycles. The van der Waals surface area contributed by atoms with E-state index in [1.807, 2.05) is 24.3 Å². The van der Waals surface area contributed by atoms with E-state index in [0.717, 1.165) is 31.7 Å². The number of hydrogen-bond donors (Lipinski definition) is 1. The SMILES string of the molecule is CCc1ccccc1NC(=O)CCN(CC)Cc1ccccc1. The van der Waals surface area contributed by atoms with Crippen molar-refractivity contribution in [2.45, 2.75) is 33.2 Å². The molecule has 3 nitrogen and oxygen atoms in total. The van der Waals surface area contributed by atoms with Gasteiger partial charge in [0.2, 0.25) is 5.91 Å². The van der Waals surface area contributed by atoms with Gasteiger partial charge in [-0.3, -0.25) is 9.69 Å². The lowest BCUT2D eigenvalue weighted by Crippen LogP contribution is -2.27. The van der Waals surface area contributed by atoms with Gasteiger partial charge in [0.05, 0.1) is 0 Å². The first-order valence-electron chi connectivity index (χ1n) is 8.37. The van der Waals surface area contributed by atoms with Crippen LogP contribution in [0.4, 0.5) is 5.69 Å². The van der Waals surface area contributed by atoms with Crippen LogP contribution < -0.4 is 5.32 Å². The van der Waals surface area contributed by atoms with Crippen molar-refractivity contribution in [3.05, 3.63) is 65.7 Å². The lowest BCUT2D eigenvalue weighted by molar-refractivity contribution is -0.116. The molecule has 0 fully saturated rings. The molecule has 0 aliphatic rings. The summed E-state index contributed by atoms with van der Waals surface area (Å²) in [6, 6.07) is 18.4. The van der Waals surface area contributed by atoms with Crippen LogP contribution in [0.25, 0.3) is 0 Å². The Morgan fingerprint density at radius 3 is 2.39 bits per heavy atom. The summed E-state index contributed by atoms with van der Waals surface area (Å²) < 4.78 is 0. The first-order valence-corrected chi connectivity index (χ1v) is 8.37. The average Bonchev–Trinajstić information content (AvgIpc) is 2.60. The van der Waals surface area contributed by atoms with E-state index in [1.54, 1.807) is 0 Å². The minimum absolute atomic E-state index is 0.0809. The van der Waals surface area contributed by atoms with E-state index >= 15 is 0 Å². The van der Waals surface area contributed by atoms with Crippen LogP contribution in [-0.4, -0.2) is 23.9 Å². The fourth-order valence-corrected chi connectivity index (χ4v) is 2.61. The van der Waals surface area contributed by atoms with E-state index in [9.17, 15) is 4.79 Å². The summed E-state index contributed by atoms with van der Waals surface area (Å²) in [4.78, 5) is 14.5. The highest BCUT2D eigenvalue weighted by Crippen LogP contribution is 2.15. The number of benzene rings is 2. The normalized spacial score (nSPS) is 10.7. The molecule has 0 unspecified atom stereocenters. The van der Waals surface area contributed by atoms with E-state index < -0.39 is 0 Å². The summed E-state index contributed by atoms with van der Waals surface area (Å²) in [6.07, 6.45) is 1.43. The van der Waals surface area contributed by atoms with E-state index in [4.69, 9.17) is 0 Å². The number of carbonyl (C=O) groups excluding carboxylic acids is 1. The number of rotatable bonds is 8. The fraction of sp³-hybridized carbons (Fsp3) is 0.350. The summed E-state index contributed by atoms with van der Waals surface area (Å²) in [5.74, 6) is 0.0809. The number of aryl methyl sites for hydroxylation is 1. The molecule has 0 aromatic heterocycles. The average molecular weight is 310 g/mol. The Hall–Kier alpha value is -2.13. The van der Waals surface area contributed by atoms with Crippen LogP contribution in [0.3, 0.4) is 0 Å². The van der Waals surface area contributed by atoms with Gasteiger partial charge < -0.3 is 5.32 Å². The maximum Gasteiger partial charge on any atom is 0.225 e. The molecule has 2 aromatic carbocycles. The van der Waals surface area contributed by atoms with E-state index in [-0.39, 0.29) is 5.91 Å². The third kappa shape index (κ3) is 5.53. The molecular formula is C20H26N2O. The van der Waals surface area contributed by atoms with Crippen molar-refractivity contribution >= 4 is 11.6 Å². The topological polar surface area (TPSA) is 32.3 Å². The summed E-state index contributed by atoms with van der Waals surface area (Å²) in [6.45, 7) is 6.83. The Morgan fingerprint density at radius 2 is 1.70 bits per heavy atom. The lowest BCUT2D eigenvalue weighted by Gasteiger charge is -2.20. The monoisotopic (exact) mass is 310 g/mol. The maximum absolute atomic E-state index is 12.2. The van der Waals surface area contributed by atoms with Gasteiger partial charge in [-0.25, -0.2) is 0 Å². The zero-order valence-electron chi connectivity index (χ0n) is 14.1. The van der Waals surface area contributed by atoms with Crippen molar-refractivity contribution in [1.29, 1.82) is 0 Å². The first-order chi connectivity index (χ1) is 11.2. The molecule has 0 aliphatic heterocycles. The molecule has 122 valence electrons. The van der Waals surface area contributed by atoms with Gasteiger partial charge in [0.15, 0.2) is 0 Å². The van der Waals surface area contributed by atoms with E-state index in [0.29, 0.717) is 6.42 Å². The quantitative estimate of drug-likeness (QED) is 0.796. The van der Waals surface area contributed by atoms with Crippen LogP contribution in [0, 0.1) is 0 Å². The zero-order chi connectivity index (χ0) is 16.5. The molecule has 0 heterocycles. The second kappa shape index (κ2) is 9.11. The Bertz CT molecular complexity index is 610. The van der Waals surface area contributed by atoms with Crippen LogP contribution in [0.15, 0.2) is 54.6 Å². The molecule has 0 bridgehead atoms. The molecule has 1 amide bonds. The van der Waals surface area contributed by atoms with Crippen LogP contribution in [0.1, 0.15) is 31.4 Å².